The number of rotatable bonds is 9. The lowest BCUT2D eigenvalue weighted by Gasteiger charge is -2.11. The molecule has 0 fully saturated rings. The van der Waals surface area contributed by atoms with E-state index in [1.165, 1.54) is 24.8 Å². The number of carbonyl (C=O) groups is 2. The third kappa shape index (κ3) is 6.37. The van der Waals surface area contributed by atoms with Crippen LogP contribution >= 0.6 is 0 Å². The van der Waals surface area contributed by atoms with E-state index in [1.54, 1.807) is 60.7 Å². The van der Waals surface area contributed by atoms with E-state index >= 15 is 0 Å². The van der Waals surface area contributed by atoms with Gasteiger partial charge >= 0.3 is 5.97 Å². The van der Waals surface area contributed by atoms with Gasteiger partial charge in [0.15, 0.2) is 5.78 Å². The van der Waals surface area contributed by atoms with Crippen LogP contribution in [0.1, 0.15) is 46.0 Å². The lowest BCUT2D eigenvalue weighted by Crippen LogP contribution is -2.15. The Kier molecular flexibility index (Phi) is 8.73. The van der Waals surface area contributed by atoms with Gasteiger partial charge in [-0.3, -0.25) is 4.79 Å². The molecule has 0 radical (unpaired) electrons. The summed E-state index contributed by atoms with van der Waals surface area (Å²) >= 11 is 0. The number of methoxy groups -OCH3 is 1. The van der Waals surface area contributed by atoms with Crippen molar-refractivity contribution in [1.29, 1.82) is 0 Å². The van der Waals surface area contributed by atoms with E-state index in [1.807, 2.05) is 36.4 Å². The van der Waals surface area contributed by atoms with Gasteiger partial charge in [-0.2, -0.15) is 0 Å². The molecule has 4 nitrogen and oxygen atoms in total. The standard InChI is InChI=1S/C33H28FNO3/c1-3-23-13-15-24(16-14-23)28(25-17-19-27(34)20-18-25)21-22-31(33(37)38-2)35-30-12-8-7-11-29(30)32(36)26-9-5-4-6-10-26/h4-21H,3,22H2,1-2H3. The highest BCUT2D eigenvalue weighted by atomic mass is 19.1. The van der Waals surface area contributed by atoms with Crippen LogP contribution < -0.4 is 0 Å². The monoisotopic (exact) mass is 505 g/mol. The summed E-state index contributed by atoms with van der Waals surface area (Å²) in [5.74, 6) is -1.11. The van der Waals surface area contributed by atoms with Gasteiger partial charge in [0, 0.05) is 17.5 Å². The minimum atomic E-state index is -0.594. The molecule has 0 bridgehead atoms. The third-order valence-electron chi connectivity index (χ3n) is 6.19. The van der Waals surface area contributed by atoms with Gasteiger partial charge < -0.3 is 4.74 Å². The van der Waals surface area contributed by atoms with Crippen molar-refractivity contribution < 1.29 is 18.7 Å². The molecule has 0 atom stereocenters. The Balaban J connectivity index is 1.75. The first-order valence-electron chi connectivity index (χ1n) is 12.4. The highest BCUT2D eigenvalue weighted by Crippen LogP contribution is 2.27. The van der Waals surface area contributed by atoms with Crippen molar-refractivity contribution in [3.05, 3.63) is 143 Å². The fraction of sp³-hybridized carbons (Fsp3) is 0.121. The maximum Gasteiger partial charge on any atom is 0.352 e. The average molecular weight is 506 g/mol. The van der Waals surface area contributed by atoms with Crippen LogP contribution in [0, 0.1) is 5.82 Å². The average Bonchev–Trinajstić information content (AvgIpc) is 2.97. The molecular formula is C33H28FNO3. The van der Waals surface area contributed by atoms with Crippen LogP contribution in [0.2, 0.25) is 0 Å². The second-order valence-electron chi connectivity index (χ2n) is 8.64. The highest BCUT2D eigenvalue weighted by molar-refractivity contribution is 6.37. The number of halogens is 1. The van der Waals surface area contributed by atoms with E-state index in [9.17, 15) is 14.0 Å². The zero-order valence-corrected chi connectivity index (χ0v) is 21.4. The molecule has 190 valence electrons. The lowest BCUT2D eigenvalue weighted by molar-refractivity contribution is -0.132. The summed E-state index contributed by atoms with van der Waals surface area (Å²) in [4.78, 5) is 30.5. The number of hydrogen-bond acceptors (Lipinski definition) is 4. The van der Waals surface area contributed by atoms with Crippen molar-refractivity contribution >= 4 is 28.7 Å². The molecule has 0 heterocycles. The molecule has 0 aliphatic heterocycles. The quantitative estimate of drug-likeness (QED) is 0.135. The Hall–Kier alpha value is -4.64. The van der Waals surface area contributed by atoms with Crippen molar-refractivity contribution in [3.63, 3.8) is 0 Å². The van der Waals surface area contributed by atoms with Gasteiger partial charge in [0.1, 0.15) is 11.5 Å². The molecule has 0 unspecified atom stereocenters. The number of benzene rings is 4. The summed E-state index contributed by atoms with van der Waals surface area (Å²) in [6, 6.07) is 30.2. The molecule has 0 amide bonds. The molecule has 0 N–H and O–H groups in total. The van der Waals surface area contributed by atoms with E-state index in [0.29, 0.717) is 16.8 Å². The van der Waals surface area contributed by atoms with Crippen LogP contribution in [0.4, 0.5) is 10.1 Å². The third-order valence-corrected chi connectivity index (χ3v) is 6.19. The van der Waals surface area contributed by atoms with Crippen molar-refractivity contribution in [2.75, 3.05) is 7.11 Å². The predicted molar refractivity (Wildman–Crippen MR) is 149 cm³/mol. The molecule has 0 aliphatic rings. The normalized spacial score (nSPS) is 11.8. The van der Waals surface area contributed by atoms with Gasteiger partial charge in [-0.15, -0.1) is 0 Å². The zero-order chi connectivity index (χ0) is 26.9. The van der Waals surface area contributed by atoms with Crippen LogP contribution in [0.3, 0.4) is 0 Å². The Morgan fingerprint density at radius 2 is 1.39 bits per heavy atom. The van der Waals surface area contributed by atoms with Crippen LogP contribution in [-0.4, -0.2) is 24.6 Å². The van der Waals surface area contributed by atoms with E-state index in [4.69, 9.17) is 4.74 Å². The van der Waals surface area contributed by atoms with Crippen LogP contribution in [0.15, 0.2) is 114 Å². The van der Waals surface area contributed by atoms with Gasteiger partial charge in [-0.25, -0.2) is 14.2 Å². The first kappa shape index (κ1) is 26.4. The van der Waals surface area contributed by atoms with Crippen LogP contribution in [0.5, 0.6) is 0 Å². The molecule has 0 spiro atoms. The fourth-order valence-electron chi connectivity index (χ4n) is 4.10. The largest absolute Gasteiger partial charge is 0.465 e. The number of hydrogen-bond donors (Lipinski definition) is 0. The molecule has 4 aromatic carbocycles. The maximum absolute atomic E-state index is 13.7. The van der Waals surface area contributed by atoms with E-state index < -0.39 is 5.97 Å². The Morgan fingerprint density at radius 3 is 2.03 bits per heavy atom. The van der Waals surface area contributed by atoms with Gasteiger partial charge in [-0.05, 0) is 52.9 Å². The summed E-state index contributed by atoms with van der Waals surface area (Å²) in [6.45, 7) is 2.09. The van der Waals surface area contributed by atoms with Crippen molar-refractivity contribution in [2.24, 2.45) is 4.99 Å². The van der Waals surface area contributed by atoms with Gasteiger partial charge in [0.25, 0.3) is 0 Å². The molecule has 5 heteroatoms. The molecule has 0 aliphatic carbocycles. The minimum Gasteiger partial charge on any atom is -0.465 e. The second kappa shape index (κ2) is 12.5. The zero-order valence-electron chi connectivity index (χ0n) is 21.4. The summed E-state index contributed by atoms with van der Waals surface area (Å²) in [6.07, 6.45) is 2.94. The van der Waals surface area contributed by atoms with Crippen molar-refractivity contribution in [3.8, 4) is 0 Å². The number of carbonyl (C=O) groups excluding carboxylic acids is 2. The highest BCUT2D eigenvalue weighted by Gasteiger charge is 2.17. The topological polar surface area (TPSA) is 55.7 Å². The predicted octanol–water partition coefficient (Wildman–Crippen LogP) is 7.39. The number of para-hydroxylation sites is 1. The molecule has 0 aromatic heterocycles. The molecule has 38 heavy (non-hydrogen) atoms. The number of ketones is 1. The Labute approximate surface area is 222 Å². The number of nitrogens with zero attached hydrogens (tertiary/aromatic N) is 1. The fourth-order valence-corrected chi connectivity index (χ4v) is 4.10. The lowest BCUT2D eigenvalue weighted by atomic mass is 9.95. The molecule has 0 saturated carbocycles. The Bertz CT molecular complexity index is 1470. The number of esters is 1. The summed E-state index contributed by atoms with van der Waals surface area (Å²) in [7, 11) is 1.30. The number of allylic oxidation sites excluding steroid dienone is 1. The molecular weight excluding hydrogens is 477 g/mol. The first-order valence-corrected chi connectivity index (χ1v) is 12.4. The molecule has 4 aromatic rings. The second-order valence-corrected chi connectivity index (χ2v) is 8.64. The molecule has 4 rings (SSSR count). The molecule has 0 saturated heterocycles. The van der Waals surface area contributed by atoms with Crippen LogP contribution in [-0.2, 0) is 16.0 Å². The van der Waals surface area contributed by atoms with Gasteiger partial charge in [0.2, 0.25) is 0 Å². The van der Waals surface area contributed by atoms with Crippen LogP contribution in [0.25, 0.3) is 5.57 Å². The summed E-state index contributed by atoms with van der Waals surface area (Å²) in [5.41, 5.74) is 5.21. The Morgan fingerprint density at radius 1 is 0.789 bits per heavy atom. The van der Waals surface area contributed by atoms with E-state index in [2.05, 4.69) is 11.9 Å². The van der Waals surface area contributed by atoms with E-state index in [0.717, 1.165) is 23.1 Å². The van der Waals surface area contributed by atoms with E-state index in [-0.39, 0.29) is 23.7 Å². The van der Waals surface area contributed by atoms with Crippen molar-refractivity contribution in [1.82, 2.24) is 0 Å². The smallest absolute Gasteiger partial charge is 0.352 e. The minimum absolute atomic E-state index is 0.142. The number of aliphatic imine (C=N–C) groups is 1. The summed E-state index contributed by atoms with van der Waals surface area (Å²) in [5, 5.41) is 0. The number of ether oxygens (including phenoxy) is 1. The SMILES string of the molecule is CCc1ccc(C(=CCC(=Nc2ccccc2C(=O)c2ccccc2)C(=O)OC)c2ccc(F)cc2)cc1. The maximum atomic E-state index is 13.7. The number of aryl methyl sites for hydroxylation is 1. The van der Waals surface area contributed by atoms with Crippen molar-refractivity contribution in [2.45, 2.75) is 19.8 Å². The van der Waals surface area contributed by atoms with Gasteiger partial charge in [0.05, 0.1) is 12.8 Å². The first-order chi connectivity index (χ1) is 18.5. The van der Waals surface area contributed by atoms with Gasteiger partial charge in [-0.1, -0.05) is 91.9 Å². The summed E-state index contributed by atoms with van der Waals surface area (Å²) < 4.78 is 18.7.